The van der Waals surface area contributed by atoms with Crippen LogP contribution in [0.1, 0.15) is 23.2 Å². The molecule has 1 heterocycles. The first-order valence-electron chi connectivity index (χ1n) is 6.06. The van der Waals surface area contributed by atoms with Gasteiger partial charge in [0.05, 0.1) is 0 Å². The Morgan fingerprint density at radius 1 is 1.39 bits per heavy atom. The van der Waals surface area contributed by atoms with Crippen LogP contribution in [0.25, 0.3) is 0 Å². The number of carbonyl (C=O) groups is 1. The van der Waals surface area contributed by atoms with E-state index in [1.165, 1.54) is 0 Å². The molecule has 5 heteroatoms. The van der Waals surface area contributed by atoms with Crippen molar-refractivity contribution in [1.29, 1.82) is 0 Å². The van der Waals surface area contributed by atoms with Crippen LogP contribution in [-0.4, -0.2) is 35.6 Å². The largest absolute Gasteiger partial charge is 0.399 e. The topological polar surface area (TPSA) is 66.6 Å². The molecule has 1 saturated heterocycles. The number of aliphatic hydroxyl groups excluding tert-OH is 1. The van der Waals surface area contributed by atoms with Crippen molar-refractivity contribution in [1.82, 2.24) is 4.90 Å². The van der Waals surface area contributed by atoms with Gasteiger partial charge in [-0.05, 0) is 37.0 Å². The molecule has 1 amide bonds. The Hall–Kier alpha value is -1.26. The van der Waals surface area contributed by atoms with Crippen molar-refractivity contribution in [3.8, 4) is 0 Å². The fourth-order valence-corrected chi connectivity index (χ4v) is 2.48. The Bertz CT molecular complexity index is 422. The summed E-state index contributed by atoms with van der Waals surface area (Å²) in [5.41, 5.74) is 6.71. The number of amides is 1. The summed E-state index contributed by atoms with van der Waals surface area (Å²) in [5, 5.41) is 9.54. The van der Waals surface area contributed by atoms with E-state index in [2.05, 4.69) is 0 Å². The van der Waals surface area contributed by atoms with Gasteiger partial charge >= 0.3 is 0 Å². The molecule has 0 radical (unpaired) electrons. The van der Waals surface area contributed by atoms with E-state index in [9.17, 15) is 4.79 Å². The number of benzene rings is 1. The maximum absolute atomic E-state index is 12.2. The van der Waals surface area contributed by atoms with Crippen LogP contribution in [0.4, 0.5) is 5.69 Å². The number of nitrogens with two attached hydrogens (primary N) is 1. The number of aliphatic hydroxyl groups is 1. The van der Waals surface area contributed by atoms with Crippen LogP contribution in [0.15, 0.2) is 18.2 Å². The molecule has 18 heavy (non-hydrogen) atoms. The molecule has 0 aromatic heterocycles. The normalized spacial score (nSPS) is 16.9. The van der Waals surface area contributed by atoms with Gasteiger partial charge in [-0.1, -0.05) is 11.6 Å². The number of nitrogen functional groups attached to an aromatic ring is 1. The van der Waals surface area contributed by atoms with Crippen LogP contribution in [0.5, 0.6) is 0 Å². The molecular formula is C13H17ClN2O2. The highest BCUT2D eigenvalue weighted by Crippen LogP contribution is 2.21. The van der Waals surface area contributed by atoms with Gasteiger partial charge in [0.1, 0.15) is 0 Å². The molecule has 3 N–H and O–H groups in total. The number of halogens is 1. The van der Waals surface area contributed by atoms with Gasteiger partial charge in [0.25, 0.3) is 5.91 Å². The second-order valence-corrected chi connectivity index (χ2v) is 5.13. The molecule has 1 aromatic carbocycles. The van der Waals surface area contributed by atoms with Crippen molar-refractivity contribution < 1.29 is 9.90 Å². The molecule has 0 atom stereocenters. The number of nitrogens with zero attached hydrogens (tertiary/aromatic N) is 1. The number of likely N-dealkylation sites (tertiary alicyclic amines) is 1. The Balaban J connectivity index is 2.07. The van der Waals surface area contributed by atoms with Gasteiger partial charge in [-0.15, -0.1) is 0 Å². The van der Waals surface area contributed by atoms with E-state index in [0.29, 0.717) is 35.3 Å². The van der Waals surface area contributed by atoms with E-state index in [4.69, 9.17) is 22.4 Å². The Labute approximate surface area is 111 Å². The zero-order valence-electron chi connectivity index (χ0n) is 10.1. The molecule has 1 aliphatic heterocycles. The van der Waals surface area contributed by atoms with Gasteiger partial charge in [-0.25, -0.2) is 0 Å². The van der Waals surface area contributed by atoms with E-state index in [0.717, 1.165) is 12.8 Å². The zero-order chi connectivity index (χ0) is 13.1. The lowest BCUT2D eigenvalue weighted by atomic mass is 9.97. The fraction of sp³-hybridized carbons (Fsp3) is 0.462. The summed E-state index contributed by atoms with van der Waals surface area (Å²) in [6.45, 7) is 1.55. The van der Waals surface area contributed by atoms with Crippen LogP contribution in [0.3, 0.4) is 0 Å². The van der Waals surface area contributed by atoms with Crippen LogP contribution >= 0.6 is 11.6 Å². The SMILES string of the molecule is Nc1cc(Cl)cc(C(=O)N2CCC(CO)CC2)c1. The van der Waals surface area contributed by atoms with Crippen molar-refractivity contribution in [3.63, 3.8) is 0 Å². The first kappa shape index (κ1) is 13.2. The van der Waals surface area contributed by atoms with E-state index in [-0.39, 0.29) is 12.5 Å². The molecule has 4 nitrogen and oxygen atoms in total. The first-order valence-corrected chi connectivity index (χ1v) is 6.44. The molecular weight excluding hydrogens is 252 g/mol. The summed E-state index contributed by atoms with van der Waals surface area (Å²) in [7, 11) is 0. The highest BCUT2D eigenvalue weighted by atomic mass is 35.5. The summed E-state index contributed by atoms with van der Waals surface area (Å²) in [4.78, 5) is 14.0. The molecule has 0 spiro atoms. The number of rotatable bonds is 2. The second-order valence-electron chi connectivity index (χ2n) is 4.69. The van der Waals surface area contributed by atoms with Crippen molar-refractivity contribution >= 4 is 23.2 Å². The summed E-state index contributed by atoms with van der Waals surface area (Å²) in [6.07, 6.45) is 1.69. The van der Waals surface area contributed by atoms with E-state index in [1.54, 1.807) is 23.1 Å². The summed E-state index contributed by atoms with van der Waals surface area (Å²) in [5.74, 6) is 0.277. The van der Waals surface area contributed by atoms with Crippen molar-refractivity contribution in [3.05, 3.63) is 28.8 Å². The molecule has 0 bridgehead atoms. The maximum Gasteiger partial charge on any atom is 0.253 e. The minimum Gasteiger partial charge on any atom is -0.399 e. The van der Waals surface area contributed by atoms with Crippen LogP contribution in [-0.2, 0) is 0 Å². The third-order valence-electron chi connectivity index (χ3n) is 3.33. The second kappa shape index (κ2) is 5.59. The van der Waals surface area contributed by atoms with Gasteiger partial charge in [0.2, 0.25) is 0 Å². The minimum absolute atomic E-state index is 0.0411. The predicted molar refractivity (Wildman–Crippen MR) is 71.6 cm³/mol. The van der Waals surface area contributed by atoms with Crippen molar-refractivity contribution in [2.75, 3.05) is 25.4 Å². The molecule has 2 rings (SSSR count). The molecule has 1 fully saturated rings. The maximum atomic E-state index is 12.2. The van der Waals surface area contributed by atoms with Gasteiger partial charge in [-0.3, -0.25) is 4.79 Å². The lowest BCUT2D eigenvalue weighted by Crippen LogP contribution is -2.39. The van der Waals surface area contributed by atoms with E-state index < -0.39 is 0 Å². The van der Waals surface area contributed by atoms with Crippen molar-refractivity contribution in [2.45, 2.75) is 12.8 Å². The van der Waals surface area contributed by atoms with Crippen molar-refractivity contribution in [2.24, 2.45) is 5.92 Å². The zero-order valence-corrected chi connectivity index (χ0v) is 10.9. The highest BCUT2D eigenvalue weighted by Gasteiger charge is 2.23. The molecule has 1 aliphatic rings. The van der Waals surface area contributed by atoms with E-state index >= 15 is 0 Å². The molecule has 98 valence electrons. The lowest BCUT2D eigenvalue weighted by Gasteiger charge is -2.31. The average Bonchev–Trinajstić information content (AvgIpc) is 2.37. The Kier molecular flexibility index (Phi) is 4.09. The van der Waals surface area contributed by atoms with Crippen LogP contribution < -0.4 is 5.73 Å². The number of hydrogen-bond acceptors (Lipinski definition) is 3. The highest BCUT2D eigenvalue weighted by molar-refractivity contribution is 6.31. The number of anilines is 1. The summed E-state index contributed by atoms with van der Waals surface area (Å²) < 4.78 is 0. The summed E-state index contributed by atoms with van der Waals surface area (Å²) >= 11 is 5.89. The third-order valence-corrected chi connectivity index (χ3v) is 3.55. The fourth-order valence-electron chi connectivity index (χ4n) is 2.24. The number of carbonyl (C=O) groups excluding carboxylic acids is 1. The minimum atomic E-state index is -0.0411. The molecule has 0 aliphatic carbocycles. The predicted octanol–water partition coefficient (Wildman–Crippen LogP) is 1.77. The van der Waals surface area contributed by atoms with Gasteiger partial charge in [0, 0.05) is 36.0 Å². The number of hydrogen-bond donors (Lipinski definition) is 2. The first-order chi connectivity index (χ1) is 8.60. The van der Waals surface area contributed by atoms with Gasteiger partial charge in [0.15, 0.2) is 0 Å². The molecule has 0 saturated carbocycles. The van der Waals surface area contributed by atoms with Crippen LogP contribution in [0, 0.1) is 5.92 Å². The average molecular weight is 269 g/mol. The quantitative estimate of drug-likeness (QED) is 0.804. The Morgan fingerprint density at radius 3 is 2.61 bits per heavy atom. The third kappa shape index (κ3) is 2.94. The molecule has 1 aromatic rings. The smallest absolute Gasteiger partial charge is 0.253 e. The lowest BCUT2D eigenvalue weighted by molar-refractivity contribution is 0.0651. The summed E-state index contributed by atoms with van der Waals surface area (Å²) in [6, 6.07) is 4.90. The van der Waals surface area contributed by atoms with Crippen LogP contribution in [0.2, 0.25) is 5.02 Å². The van der Waals surface area contributed by atoms with Gasteiger partial charge < -0.3 is 15.7 Å². The molecule has 0 unspecified atom stereocenters. The Morgan fingerprint density at radius 2 is 2.06 bits per heavy atom. The van der Waals surface area contributed by atoms with Gasteiger partial charge in [-0.2, -0.15) is 0 Å². The van der Waals surface area contributed by atoms with E-state index in [1.807, 2.05) is 0 Å². The number of piperidine rings is 1. The standard InChI is InChI=1S/C13H17ClN2O2/c14-11-5-10(6-12(15)7-11)13(18)16-3-1-9(8-17)2-4-16/h5-7,9,17H,1-4,8,15H2. The monoisotopic (exact) mass is 268 g/mol.